The van der Waals surface area contributed by atoms with Gasteiger partial charge >= 0.3 is 6.18 Å². The minimum absolute atomic E-state index is 0.00631. The highest BCUT2D eigenvalue weighted by Gasteiger charge is 2.34. The number of nitrogens with one attached hydrogen (secondary N) is 1. The van der Waals surface area contributed by atoms with Crippen LogP contribution in [0.2, 0.25) is 0 Å². The van der Waals surface area contributed by atoms with Gasteiger partial charge in [-0.25, -0.2) is 9.37 Å². The first-order chi connectivity index (χ1) is 12.7. The standard InChI is InChI=1S/C17H12F4N4O2/c1-8-12(7-27-25-8)16(26)24-14-5-3-10(15(22)23-14)11-6-9(18)2-4-13(11)17(19,20)21/h2-7H,1H3,(H3,22,23,24,26). The highest BCUT2D eigenvalue weighted by molar-refractivity contribution is 6.04. The number of halogens is 4. The van der Waals surface area contributed by atoms with E-state index in [1.807, 2.05) is 0 Å². The SMILES string of the molecule is Cc1nocc1C(=O)Nc1ccc(-c2cc(F)ccc2C(F)(F)F)c(N)n1. The summed E-state index contributed by atoms with van der Waals surface area (Å²) in [5.74, 6) is -1.72. The van der Waals surface area contributed by atoms with Gasteiger partial charge < -0.3 is 15.6 Å². The summed E-state index contributed by atoms with van der Waals surface area (Å²) in [4.78, 5) is 16.0. The van der Waals surface area contributed by atoms with E-state index in [-0.39, 0.29) is 22.8 Å². The van der Waals surface area contributed by atoms with E-state index in [0.29, 0.717) is 17.8 Å². The lowest BCUT2D eigenvalue weighted by molar-refractivity contribution is -0.137. The van der Waals surface area contributed by atoms with Crippen LogP contribution in [0, 0.1) is 12.7 Å². The average Bonchev–Trinajstić information content (AvgIpc) is 3.00. The van der Waals surface area contributed by atoms with Gasteiger partial charge in [0.05, 0.1) is 11.3 Å². The van der Waals surface area contributed by atoms with E-state index in [4.69, 9.17) is 5.73 Å². The Balaban J connectivity index is 1.96. The molecule has 0 aliphatic heterocycles. The number of rotatable bonds is 3. The quantitative estimate of drug-likeness (QED) is 0.669. The first-order valence-corrected chi connectivity index (χ1v) is 7.53. The number of nitrogens with two attached hydrogens (primary N) is 1. The van der Waals surface area contributed by atoms with Gasteiger partial charge in [0.1, 0.15) is 29.3 Å². The number of carbonyl (C=O) groups excluding carboxylic acids is 1. The van der Waals surface area contributed by atoms with Crippen molar-refractivity contribution < 1.29 is 26.9 Å². The Bertz CT molecular complexity index is 1010. The number of pyridine rings is 1. The molecule has 3 rings (SSSR count). The molecule has 140 valence electrons. The van der Waals surface area contributed by atoms with Crippen molar-refractivity contribution in [3.05, 3.63) is 59.2 Å². The molecule has 1 aromatic carbocycles. The molecule has 0 atom stereocenters. The molecule has 3 aromatic rings. The van der Waals surface area contributed by atoms with Crippen molar-refractivity contribution in [2.24, 2.45) is 0 Å². The molecule has 3 N–H and O–H groups in total. The van der Waals surface area contributed by atoms with Gasteiger partial charge in [0.2, 0.25) is 0 Å². The largest absolute Gasteiger partial charge is 0.417 e. The predicted molar refractivity (Wildman–Crippen MR) is 88.2 cm³/mol. The number of hydrogen-bond acceptors (Lipinski definition) is 5. The second kappa shape index (κ2) is 6.71. The molecule has 0 aliphatic rings. The van der Waals surface area contributed by atoms with Crippen molar-refractivity contribution in [1.82, 2.24) is 10.1 Å². The van der Waals surface area contributed by atoms with Gasteiger partial charge in [0.15, 0.2) is 0 Å². The summed E-state index contributed by atoms with van der Waals surface area (Å²) in [6.45, 7) is 1.56. The van der Waals surface area contributed by atoms with E-state index >= 15 is 0 Å². The van der Waals surface area contributed by atoms with Crippen molar-refractivity contribution in [1.29, 1.82) is 0 Å². The topological polar surface area (TPSA) is 94.0 Å². The monoisotopic (exact) mass is 380 g/mol. The third-order valence-corrected chi connectivity index (χ3v) is 3.74. The van der Waals surface area contributed by atoms with Gasteiger partial charge in [-0.05, 0) is 37.3 Å². The predicted octanol–water partition coefficient (Wildman–Crippen LogP) is 4.04. The van der Waals surface area contributed by atoms with E-state index in [1.165, 1.54) is 12.1 Å². The maximum Gasteiger partial charge on any atom is 0.417 e. The maximum atomic E-state index is 13.5. The fraction of sp³-hybridized carbons (Fsp3) is 0.118. The molecule has 0 bridgehead atoms. The first kappa shape index (κ1) is 18.4. The van der Waals surface area contributed by atoms with Crippen LogP contribution in [-0.4, -0.2) is 16.0 Å². The lowest BCUT2D eigenvalue weighted by Gasteiger charge is -2.15. The molecule has 0 saturated heterocycles. The third-order valence-electron chi connectivity index (χ3n) is 3.74. The molecule has 0 spiro atoms. The van der Waals surface area contributed by atoms with Gasteiger partial charge in [0, 0.05) is 11.1 Å². The molecule has 6 nitrogen and oxygen atoms in total. The Hall–Kier alpha value is -3.43. The Labute approximate surface area is 150 Å². The van der Waals surface area contributed by atoms with Crippen LogP contribution >= 0.6 is 0 Å². The summed E-state index contributed by atoms with van der Waals surface area (Å²) in [5.41, 5.74) is 4.68. The molecule has 2 aromatic heterocycles. The summed E-state index contributed by atoms with van der Waals surface area (Å²) >= 11 is 0. The second-order valence-corrected chi connectivity index (χ2v) is 5.58. The van der Waals surface area contributed by atoms with Crippen molar-refractivity contribution in [3.8, 4) is 11.1 Å². The fourth-order valence-corrected chi connectivity index (χ4v) is 2.45. The molecule has 0 fully saturated rings. The number of hydrogen-bond donors (Lipinski definition) is 2. The highest BCUT2D eigenvalue weighted by Crippen LogP contribution is 2.39. The fourth-order valence-electron chi connectivity index (χ4n) is 2.45. The zero-order chi connectivity index (χ0) is 19.8. The molecule has 10 heteroatoms. The van der Waals surface area contributed by atoms with Gasteiger partial charge in [-0.3, -0.25) is 4.79 Å². The lowest BCUT2D eigenvalue weighted by atomic mass is 9.99. The third kappa shape index (κ3) is 3.73. The summed E-state index contributed by atoms with van der Waals surface area (Å²) in [6.07, 6.45) is -3.56. The van der Waals surface area contributed by atoms with Crippen molar-refractivity contribution in [2.75, 3.05) is 11.1 Å². The molecule has 0 unspecified atom stereocenters. The zero-order valence-corrected chi connectivity index (χ0v) is 13.8. The number of nitrogen functional groups attached to an aromatic ring is 1. The summed E-state index contributed by atoms with van der Waals surface area (Å²) < 4.78 is 57.7. The van der Waals surface area contributed by atoms with Crippen LogP contribution in [0.25, 0.3) is 11.1 Å². The van der Waals surface area contributed by atoms with Gasteiger partial charge in [-0.2, -0.15) is 13.2 Å². The van der Waals surface area contributed by atoms with E-state index in [9.17, 15) is 22.4 Å². The summed E-state index contributed by atoms with van der Waals surface area (Å²) in [5, 5.41) is 6.00. The number of benzene rings is 1. The summed E-state index contributed by atoms with van der Waals surface area (Å²) in [6, 6.07) is 4.56. The van der Waals surface area contributed by atoms with Crippen LogP contribution in [0.4, 0.5) is 29.2 Å². The Morgan fingerprint density at radius 3 is 2.52 bits per heavy atom. The molecular weight excluding hydrogens is 368 g/mol. The Morgan fingerprint density at radius 2 is 1.93 bits per heavy atom. The smallest absolute Gasteiger partial charge is 0.383 e. The van der Waals surface area contributed by atoms with Gasteiger partial charge in [0.25, 0.3) is 5.91 Å². The molecule has 1 amide bonds. The Kier molecular flexibility index (Phi) is 4.56. The van der Waals surface area contributed by atoms with Crippen LogP contribution in [0.1, 0.15) is 21.6 Å². The van der Waals surface area contributed by atoms with E-state index in [0.717, 1.165) is 12.3 Å². The Morgan fingerprint density at radius 1 is 1.19 bits per heavy atom. The minimum atomic E-state index is -4.70. The van der Waals surface area contributed by atoms with Gasteiger partial charge in [-0.15, -0.1) is 0 Å². The molecular formula is C17H12F4N4O2. The number of carbonyl (C=O) groups is 1. The average molecular weight is 380 g/mol. The van der Waals surface area contributed by atoms with Crippen molar-refractivity contribution in [3.63, 3.8) is 0 Å². The molecule has 2 heterocycles. The van der Waals surface area contributed by atoms with Crippen LogP contribution < -0.4 is 11.1 Å². The minimum Gasteiger partial charge on any atom is -0.383 e. The van der Waals surface area contributed by atoms with E-state index in [2.05, 4.69) is 20.0 Å². The molecule has 0 aliphatic carbocycles. The highest BCUT2D eigenvalue weighted by atomic mass is 19.4. The number of amides is 1. The zero-order valence-electron chi connectivity index (χ0n) is 13.8. The maximum absolute atomic E-state index is 13.5. The van der Waals surface area contributed by atoms with Gasteiger partial charge in [-0.1, -0.05) is 5.16 Å². The van der Waals surface area contributed by atoms with Crippen LogP contribution in [0.3, 0.4) is 0 Å². The second-order valence-electron chi connectivity index (χ2n) is 5.58. The van der Waals surface area contributed by atoms with E-state index in [1.54, 1.807) is 6.92 Å². The van der Waals surface area contributed by atoms with Crippen molar-refractivity contribution >= 4 is 17.5 Å². The molecule has 0 radical (unpaired) electrons. The molecule has 0 saturated carbocycles. The number of aryl methyl sites for hydroxylation is 1. The molecule has 27 heavy (non-hydrogen) atoms. The van der Waals surface area contributed by atoms with E-state index < -0.39 is 29.0 Å². The number of aromatic nitrogens is 2. The normalized spacial score (nSPS) is 11.4. The van der Waals surface area contributed by atoms with Crippen LogP contribution in [0.5, 0.6) is 0 Å². The van der Waals surface area contributed by atoms with Crippen molar-refractivity contribution in [2.45, 2.75) is 13.1 Å². The number of anilines is 2. The lowest BCUT2D eigenvalue weighted by Crippen LogP contribution is -2.14. The number of nitrogens with zero attached hydrogens (tertiary/aromatic N) is 2. The summed E-state index contributed by atoms with van der Waals surface area (Å²) in [7, 11) is 0. The first-order valence-electron chi connectivity index (χ1n) is 7.53. The van der Waals surface area contributed by atoms with Crippen LogP contribution in [0.15, 0.2) is 41.1 Å². The number of alkyl halides is 3. The van der Waals surface area contributed by atoms with Crippen LogP contribution in [-0.2, 0) is 6.18 Å².